The molecule has 4 heteroatoms. The van der Waals surface area contributed by atoms with Gasteiger partial charge in [-0.2, -0.15) is 11.8 Å². The highest BCUT2D eigenvalue weighted by molar-refractivity contribution is 7.98. The lowest BCUT2D eigenvalue weighted by Crippen LogP contribution is -2.39. The predicted molar refractivity (Wildman–Crippen MR) is 66.5 cm³/mol. The molecule has 2 N–H and O–H groups in total. The Kier molecular flexibility index (Phi) is 7.99. The summed E-state index contributed by atoms with van der Waals surface area (Å²) in [4.78, 5) is 2.06. The van der Waals surface area contributed by atoms with E-state index < -0.39 is 0 Å². The summed E-state index contributed by atoms with van der Waals surface area (Å²) in [5, 5.41) is 10.9. The Hall–Kier alpha value is -0.220. The summed E-state index contributed by atoms with van der Waals surface area (Å²) in [5.74, 6) is 1.75. The molecule has 0 rings (SSSR count). The highest BCUT2D eigenvalue weighted by Crippen LogP contribution is 2.08. The minimum Gasteiger partial charge on any atom is -0.360 e. The van der Waals surface area contributed by atoms with Gasteiger partial charge in [-0.1, -0.05) is 6.92 Å². The molecule has 3 nitrogen and oxygen atoms in total. The molecule has 14 heavy (non-hydrogen) atoms. The molecule has 0 radical (unpaired) electrons. The number of nitrogens with zero attached hydrogens (tertiary/aromatic N) is 1. The van der Waals surface area contributed by atoms with Gasteiger partial charge in [0.25, 0.3) is 0 Å². The zero-order valence-corrected chi connectivity index (χ0v) is 10.6. The molecule has 0 aromatic carbocycles. The maximum Gasteiger partial charge on any atom is 0.0926 e. The molecule has 0 amide bonds. The largest absolute Gasteiger partial charge is 0.360 e. The second-order valence-electron chi connectivity index (χ2n) is 3.45. The zero-order chi connectivity index (χ0) is 11.0. The van der Waals surface area contributed by atoms with Crippen molar-refractivity contribution in [2.75, 3.05) is 32.1 Å². The van der Waals surface area contributed by atoms with Gasteiger partial charge >= 0.3 is 0 Å². The Morgan fingerprint density at radius 2 is 2.21 bits per heavy atom. The van der Waals surface area contributed by atoms with Crippen molar-refractivity contribution < 1.29 is 0 Å². The van der Waals surface area contributed by atoms with Gasteiger partial charge in [0.2, 0.25) is 0 Å². The van der Waals surface area contributed by atoms with Gasteiger partial charge in [-0.05, 0) is 32.7 Å². The average molecular weight is 217 g/mol. The van der Waals surface area contributed by atoms with Crippen LogP contribution in [-0.4, -0.2) is 48.9 Å². The minimum atomic E-state index is 0.488. The number of rotatable bonds is 7. The highest BCUT2D eigenvalue weighted by Gasteiger charge is 2.13. The zero-order valence-electron chi connectivity index (χ0n) is 9.76. The summed E-state index contributed by atoms with van der Waals surface area (Å²) in [7, 11) is 2.01. The predicted octanol–water partition coefficient (Wildman–Crippen LogP) is 1.65. The fourth-order valence-electron chi connectivity index (χ4n) is 1.30. The molecule has 0 saturated heterocycles. The van der Waals surface area contributed by atoms with E-state index in [-0.39, 0.29) is 0 Å². The molecule has 0 heterocycles. The molecule has 0 aromatic rings. The molecule has 0 fully saturated rings. The van der Waals surface area contributed by atoms with E-state index in [1.54, 1.807) is 0 Å². The van der Waals surface area contributed by atoms with E-state index in [4.69, 9.17) is 5.41 Å². The smallest absolute Gasteiger partial charge is 0.0926 e. The van der Waals surface area contributed by atoms with Gasteiger partial charge in [0.05, 0.1) is 5.84 Å². The lowest BCUT2D eigenvalue weighted by atomic mass is 10.2. The summed E-state index contributed by atoms with van der Waals surface area (Å²) in [6, 6.07) is 0.488. The fraction of sp³-hybridized carbons (Fsp3) is 0.900. The van der Waals surface area contributed by atoms with E-state index in [1.165, 1.54) is 0 Å². The van der Waals surface area contributed by atoms with E-state index >= 15 is 0 Å². The van der Waals surface area contributed by atoms with Gasteiger partial charge in [-0.3, -0.25) is 5.41 Å². The molecule has 0 aromatic heterocycles. The van der Waals surface area contributed by atoms with Crippen molar-refractivity contribution in [3.63, 3.8) is 0 Å². The van der Waals surface area contributed by atoms with Crippen molar-refractivity contribution in [2.24, 2.45) is 0 Å². The van der Waals surface area contributed by atoms with Crippen LogP contribution in [0.3, 0.4) is 0 Å². The highest BCUT2D eigenvalue weighted by atomic mass is 32.2. The first-order valence-corrected chi connectivity index (χ1v) is 6.50. The van der Waals surface area contributed by atoms with Gasteiger partial charge in [-0.15, -0.1) is 0 Å². The summed E-state index contributed by atoms with van der Waals surface area (Å²) in [6.07, 6.45) is 3.23. The standard InChI is InChI=1S/C10H23N3S/c1-5-12-7-6-10(8-14-4)13(3)9(2)11/h10-12H,5-8H2,1-4H3. The number of thioether (sulfide) groups is 1. The molecule has 84 valence electrons. The molecule has 0 aliphatic heterocycles. The molecule has 0 aliphatic rings. The van der Waals surface area contributed by atoms with Gasteiger partial charge < -0.3 is 10.2 Å². The minimum absolute atomic E-state index is 0.488. The number of hydrogen-bond donors (Lipinski definition) is 2. The van der Waals surface area contributed by atoms with Crippen LogP contribution in [0.15, 0.2) is 0 Å². The Balaban J connectivity index is 3.93. The SMILES string of the molecule is CCNCCC(CSC)N(C)C(C)=N. The summed E-state index contributed by atoms with van der Waals surface area (Å²) >= 11 is 1.85. The molecule has 0 bridgehead atoms. The maximum absolute atomic E-state index is 7.59. The maximum atomic E-state index is 7.59. The normalized spacial score (nSPS) is 12.6. The Labute approximate surface area is 92.1 Å². The van der Waals surface area contributed by atoms with Crippen molar-refractivity contribution in [2.45, 2.75) is 26.3 Å². The van der Waals surface area contributed by atoms with Gasteiger partial charge in [-0.25, -0.2) is 0 Å². The topological polar surface area (TPSA) is 39.1 Å². The second-order valence-corrected chi connectivity index (χ2v) is 4.36. The van der Waals surface area contributed by atoms with Crippen molar-refractivity contribution in [1.29, 1.82) is 5.41 Å². The van der Waals surface area contributed by atoms with Crippen molar-refractivity contribution in [3.8, 4) is 0 Å². The third-order valence-corrected chi connectivity index (χ3v) is 3.06. The Morgan fingerprint density at radius 3 is 2.64 bits per heavy atom. The quantitative estimate of drug-likeness (QED) is 0.387. The molecule has 0 saturated carbocycles. The average Bonchev–Trinajstić information content (AvgIpc) is 2.15. The van der Waals surface area contributed by atoms with Gasteiger partial charge in [0.1, 0.15) is 0 Å². The van der Waals surface area contributed by atoms with Crippen molar-refractivity contribution in [3.05, 3.63) is 0 Å². The lowest BCUT2D eigenvalue weighted by molar-refractivity contribution is 0.366. The van der Waals surface area contributed by atoms with E-state index in [0.29, 0.717) is 11.9 Å². The van der Waals surface area contributed by atoms with E-state index in [0.717, 1.165) is 25.3 Å². The van der Waals surface area contributed by atoms with Crippen LogP contribution in [-0.2, 0) is 0 Å². The van der Waals surface area contributed by atoms with Crippen molar-refractivity contribution in [1.82, 2.24) is 10.2 Å². The third kappa shape index (κ3) is 5.50. The van der Waals surface area contributed by atoms with E-state index in [1.807, 2.05) is 25.7 Å². The van der Waals surface area contributed by atoms with Crippen LogP contribution < -0.4 is 5.32 Å². The number of hydrogen-bond acceptors (Lipinski definition) is 3. The molecule has 0 spiro atoms. The molecular weight excluding hydrogens is 194 g/mol. The van der Waals surface area contributed by atoms with Crippen LogP contribution in [0.4, 0.5) is 0 Å². The first-order chi connectivity index (χ1) is 6.63. The summed E-state index contributed by atoms with van der Waals surface area (Å²) in [6.45, 7) is 6.04. The molecule has 1 atom stereocenters. The molecular formula is C10H23N3S. The van der Waals surface area contributed by atoms with Crippen LogP contribution in [0.25, 0.3) is 0 Å². The number of nitrogens with one attached hydrogen (secondary N) is 2. The Bertz CT molecular complexity index is 161. The first kappa shape index (κ1) is 13.8. The Morgan fingerprint density at radius 1 is 1.57 bits per heavy atom. The fourth-order valence-corrected chi connectivity index (χ4v) is 2.08. The van der Waals surface area contributed by atoms with Gasteiger partial charge in [0, 0.05) is 18.8 Å². The van der Waals surface area contributed by atoms with Crippen LogP contribution in [0.5, 0.6) is 0 Å². The van der Waals surface area contributed by atoms with E-state index in [9.17, 15) is 0 Å². The van der Waals surface area contributed by atoms with Crippen LogP contribution >= 0.6 is 11.8 Å². The summed E-state index contributed by atoms with van der Waals surface area (Å²) in [5.41, 5.74) is 0. The monoisotopic (exact) mass is 217 g/mol. The second kappa shape index (κ2) is 8.12. The van der Waals surface area contributed by atoms with Crippen LogP contribution in [0, 0.1) is 5.41 Å². The van der Waals surface area contributed by atoms with E-state index in [2.05, 4.69) is 23.4 Å². The first-order valence-electron chi connectivity index (χ1n) is 5.11. The molecule has 0 aliphatic carbocycles. The van der Waals surface area contributed by atoms with Crippen LogP contribution in [0.1, 0.15) is 20.3 Å². The van der Waals surface area contributed by atoms with Crippen LogP contribution in [0.2, 0.25) is 0 Å². The number of amidine groups is 1. The molecule has 1 unspecified atom stereocenters. The lowest BCUT2D eigenvalue weighted by Gasteiger charge is -2.28. The van der Waals surface area contributed by atoms with Crippen molar-refractivity contribution >= 4 is 17.6 Å². The summed E-state index contributed by atoms with van der Waals surface area (Å²) < 4.78 is 0. The van der Waals surface area contributed by atoms with Gasteiger partial charge in [0.15, 0.2) is 0 Å². The third-order valence-electron chi connectivity index (χ3n) is 2.34.